The Hall–Kier alpha value is -3.27. The zero-order valence-corrected chi connectivity index (χ0v) is 26.1. The average Bonchev–Trinajstić information content (AvgIpc) is 3.70. The van der Waals surface area contributed by atoms with Gasteiger partial charge in [-0.2, -0.15) is 9.97 Å². The van der Waals surface area contributed by atoms with Gasteiger partial charge in [-0.15, -0.1) is 0 Å². The smallest absolute Gasteiger partial charge is 0.319 e. The number of benzene rings is 2. The fourth-order valence-electron chi connectivity index (χ4n) is 9.47. The minimum absolute atomic E-state index is 0.00544. The zero-order chi connectivity index (χ0) is 30.3. The second-order valence-electron chi connectivity index (χ2n) is 14.0. The van der Waals surface area contributed by atoms with Gasteiger partial charge in [0.2, 0.25) is 0 Å². The Morgan fingerprint density at radius 3 is 2.78 bits per heavy atom. The first-order valence-corrected chi connectivity index (χ1v) is 17.0. The quantitative estimate of drug-likeness (QED) is 0.261. The molecule has 0 amide bonds. The van der Waals surface area contributed by atoms with Crippen molar-refractivity contribution in [1.82, 2.24) is 25.2 Å². The van der Waals surface area contributed by atoms with Crippen LogP contribution in [0.5, 0.6) is 11.8 Å². The van der Waals surface area contributed by atoms with E-state index in [1.165, 1.54) is 38.2 Å². The van der Waals surface area contributed by atoms with Crippen molar-refractivity contribution in [3.05, 3.63) is 47.4 Å². The summed E-state index contributed by atoms with van der Waals surface area (Å²) in [6.45, 7) is 3.23. The summed E-state index contributed by atoms with van der Waals surface area (Å²) in [6.07, 6.45) is 12.6. The number of nitrogens with zero attached hydrogens (tertiary/aromatic N) is 5. The van der Waals surface area contributed by atoms with Gasteiger partial charge in [0.1, 0.15) is 29.4 Å². The van der Waals surface area contributed by atoms with Crippen molar-refractivity contribution in [3.8, 4) is 23.0 Å². The average molecular weight is 629 g/mol. The van der Waals surface area contributed by atoms with Gasteiger partial charge in [0, 0.05) is 53.4 Å². The number of hydrogen-bond acceptors (Lipinski definition) is 8. The highest BCUT2D eigenvalue weighted by Gasteiger charge is 2.54. The molecule has 4 saturated heterocycles. The van der Waals surface area contributed by atoms with Gasteiger partial charge in [0.15, 0.2) is 5.82 Å². The summed E-state index contributed by atoms with van der Waals surface area (Å²) in [6, 6.07) is 10.2. The van der Waals surface area contributed by atoms with Crippen LogP contribution in [0.3, 0.4) is 0 Å². The molecule has 2 unspecified atom stereocenters. The number of fused-ring (bicyclic) bond motifs is 7. The number of phenols is 1. The van der Waals surface area contributed by atoms with Crippen molar-refractivity contribution >= 4 is 39.1 Å². The van der Waals surface area contributed by atoms with E-state index in [1.807, 2.05) is 12.1 Å². The lowest BCUT2D eigenvalue weighted by atomic mass is 9.82. The van der Waals surface area contributed by atoms with E-state index in [9.17, 15) is 5.11 Å². The fourth-order valence-corrected chi connectivity index (χ4v) is 9.76. The van der Waals surface area contributed by atoms with E-state index in [1.54, 1.807) is 18.3 Å². The van der Waals surface area contributed by atoms with Crippen LogP contribution >= 0.6 is 11.6 Å². The topological polar surface area (TPSA) is 86.6 Å². The fraction of sp³-hybridized carbons (Fsp3) is 0.514. The van der Waals surface area contributed by atoms with Gasteiger partial charge in [0.05, 0.1) is 10.9 Å². The van der Waals surface area contributed by atoms with Crippen molar-refractivity contribution in [2.45, 2.75) is 81.5 Å². The van der Waals surface area contributed by atoms with Gasteiger partial charge < -0.3 is 20.1 Å². The molecule has 5 fully saturated rings. The maximum Gasteiger partial charge on any atom is 0.319 e. The number of pyridine rings is 1. The number of nitrogens with one attached hydrogen (secondary N) is 1. The van der Waals surface area contributed by atoms with E-state index in [0.717, 1.165) is 51.2 Å². The molecular formula is C35H38ClFN6O2. The third-order valence-electron chi connectivity index (χ3n) is 11.4. The van der Waals surface area contributed by atoms with Gasteiger partial charge in [-0.25, -0.2) is 4.39 Å². The predicted molar refractivity (Wildman–Crippen MR) is 174 cm³/mol. The number of halogens is 2. The van der Waals surface area contributed by atoms with Gasteiger partial charge in [0.25, 0.3) is 0 Å². The Morgan fingerprint density at radius 2 is 1.91 bits per heavy atom. The minimum atomic E-state index is -0.571. The lowest BCUT2D eigenvalue weighted by Gasteiger charge is -2.36. The monoisotopic (exact) mass is 628 g/mol. The minimum Gasteiger partial charge on any atom is -0.508 e. The van der Waals surface area contributed by atoms with Crippen LogP contribution in [0.15, 0.2) is 36.5 Å². The molecule has 1 saturated carbocycles. The molecule has 4 aliphatic heterocycles. The van der Waals surface area contributed by atoms with Gasteiger partial charge in [-0.1, -0.05) is 36.6 Å². The van der Waals surface area contributed by atoms with Crippen molar-refractivity contribution in [2.75, 3.05) is 31.1 Å². The third-order valence-corrected chi connectivity index (χ3v) is 11.7. The number of rotatable bonds is 5. The molecule has 0 spiro atoms. The Morgan fingerprint density at radius 1 is 1.07 bits per heavy atom. The summed E-state index contributed by atoms with van der Waals surface area (Å²) in [5.41, 5.74) is 0.695. The molecule has 10 heteroatoms. The largest absolute Gasteiger partial charge is 0.508 e. The second kappa shape index (κ2) is 10.6. The van der Waals surface area contributed by atoms with Crippen molar-refractivity contribution in [2.24, 2.45) is 5.92 Å². The molecular weight excluding hydrogens is 591 g/mol. The van der Waals surface area contributed by atoms with Crippen LogP contribution in [0.1, 0.15) is 57.8 Å². The van der Waals surface area contributed by atoms with E-state index >= 15 is 4.39 Å². The van der Waals surface area contributed by atoms with Crippen LogP contribution in [0.25, 0.3) is 32.9 Å². The van der Waals surface area contributed by atoms with Crippen LogP contribution in [-0.2, 0) is 0 Å². The SMILES string of the molecule is Oc1cc(-c2ncc3c(N4CC5CCC(C4)N5)nc(OC[C@]45CCCN4[C@H]4CCCC[C@H]4C5)nc3c2F)c2c(Cl)cccc2c1. The van der Waals surface area contributed by atoms with E-state index in [-0.39, 0.29) is 28.5 Å². The van der Waals surface area contributed by atoms with Crippen molar-refractivity contribution in [3.63, 3.8) is 0 Å². The number of ether oxygens (including phenoxy) is 1. The van der Waals surface area contributed by atoms with Gasteiger partial charge >= 0.3 is 6.01 Å². The van der Waals surface area contributed by atoms with Gasteiger partial charge in [-0.05, 0) is 81.0 Å². The number of hydrogen-bond donors (Lipinski definition) is 2. The predicted octanol–water partition coefficient (Wildman–Crippen LogP) is 6.46. The molecule has 0 radical (unpaired) electrons. The van der Waals surface area contributed by atoms with E-state index in [4.69, 9.17) is 26.3 Å². The lowest BCUT2D eigenvalue weighted by molar-refractivity contribution is 0.0777. The molecule has 2 bridgehead atoms. The van der Waals surface area contributed by atoms with Gasteiger partial charge in [-0.3, -0.25) is 9.88 Å². The van der Waals surface area contributed by atoms with Crippen LogP contribution in [0, 0.1) is 11.7 Å². The number of anilines is 1. The molecule has 9 rings (SSSR count). The molecule has 2 N–H and O–H groups in total. The Balaban J connectivity index is 1.15. The van der Waals surface area contributed by atoms with E-state index in [0.29, 0.717) is 57.3 Å². The van der Waals surface area contributed by atoms with Crippen LogP contribution in [-0.4, -0.2) is 74.9 Å². The zero-order valence-electron chi connectivity index (χ0n) is 25.3. The maximum atomic E-state index is 16.8. The molecule has 5 atom stereocenters. The Bertz CT molecular complexity index is 1810. The number of aromatic hydroxyl groups is 1. The van der Waals surface area contributed by atoms with Crippen molar-refractivity contribution < 1.29 is 14.2 Å². The first-order valence-electron chi connectivity index (χ1n) is 16.6. The Kier molecular flexibility index (Phi) is 6.62. The van der Waals surface area contributed by atoms with Crippen molar-refractivity contribution in [1.29, 1.82) is 0 Å². The summed E-state index contributed by atoms with van der Waals surface area (Å²) in [5, 5.41) is 16.6. The third kappa shape index (κ3) is 4.56. The van der Waals surface area contributed by atoms with Crippen LogP contribution in [0.2, 0.25) is 5.02 Å². The number of piperazine rings is 1. The first kappa shape index (κ1) is 28.0. The number of phenolic OH excluding ortho intramolecular Hbond substituents is 1. The van der Waals surface area contributed by atoms with Crippen LogP contribution in [0.4, 0.5) is 10.2 Å². The number of aromatic nitrogens is 3. The molecule has 4 aromatic rings. The molecule has 6 heterocycles. The second-order valence-corrected chi connectivity index (χ2v) is 14.4. The molecule has 5 aliphatic rings. The highest BCUT2D eigenvalue weighted by Crippen LogP contribution is 2.50. The highest BCUT2D eigenvalue weighted by molar-refractivity contribution is 6.36. The van der Waals surface area contributed by atoms with Crippen LogP contribution < -0.4 is 15.0 Å². The molecule has 234 valence electrons. The molecule has 45 heavy (non-hydrogen) atoms. The molecule has 1 aliphatic carbocycles. The van der Waals surface area contributed by atoms with E-state index in [2.05, 4.69) is 20.1 Å². The molecule has 2 aromatic heterocycles. The summed E-state index contributed by atoms with van der Waals surface area (Å²) in [4.78, 5) is 19.3. The molecule has 2 aromatic carbocycles. The Labute approximate surface area is 266 Å². The van der Waals surface area contributed by atoms with E-state index < -0.39 is 5.82 Å². The first-order chi connectivity index (χ1) is 22.0. The molecule has 8 nitrogen and oxygen atoms in total. The summed E-state index contributed by atoms with van der Waals surface area (Å²) < 4.78 is 23.4. The standard InChI is InChI=1S/C35H38ClFN6O2/c36-27-7-3-6-20-13-24(44)14-25(29(20)27)31-30(37)32-26(16-38-31)33(42-17-22-9-10-23(18-42)39-22)41-34(40-32)45-19-35-11-4-12-43(35)28-8-2-1-5-21(28)15-35/h3,6-7,13-14,16,21-23,28,39,44H,1-2,4-5,8-12,15,17-19H2/t21-,22?,23?,28-,35+/m0/s1. The highest BCUT2D eigenvalue weighted by atomic mass is 35.5. The maximum absolute atomic E-state index is 16.8. The normalized spacial score (nSPS) is 29.4. The summed E-state index contributed by atoms with van der Waals surface area (Å²) >= 11 is 6.62. The lowest BCUT2D eigenvalue weighted by Crippen LogP contribution is -2.51. The summed E-state index contributed by atoms with van der Waals surface area (Å²) in [7, 11) is 0. The summed E-state index contributed by atoms with van der Waals surface area (Å²) in [5.74, 6) is 0.855.